The number of phenolic OH excluding ortho intramolecular Hbond substituents is 1. The molecule has 0 saturated heterocycles. The fourth-order valence-corrected chi connectivity index (χ4v) is 2.46. The van der Waals surface area contributed by atoms with Crippen molar-refractivity contribution >= 4 is 5.82 Å². The van der Waals surface area contributed by atoms with Crippen LogP contribution in [-0.4, -0.2) is 10.1 Å². The van der Waals surface area contributed by atoms with Crippen LogP contribution >= 0.6 is 0 Å². The number of nitrogens with two attached hydrogens (primary N) is 2. The molecule has 5 nitrogen and oxygen atoms in total. The molecule has 0 amide bonds. The molecule has 0 saturated carbocycles. The van der Waals surface area contributed by atoms with E-state index in [0.29, 0.717) is 28.3 Å². The summed E-state index contributed by atoms with van der Waals surface area (Å²) in [6.07, 6.45) is 0.734. The van der Waals surface area contributed by atoms with E-state index in [4.69, 9.17) is 11.5 Å². The van der Waals surface area contributed by atoms with Crippen molar-refractivity contribution < 1.29 is 5.11 Å². The van der Waals surface area contributed by atoms with Crippen LogP contribution in [0.5, 0.6) is 5.75 Å². The van der Waals surface area contributed by atoms with Gasteiger partial charge in [0.05, 0.1) is 11.3 Å². The van der Waals surface area contributed by atoms with Gasteiger partial charge in [-0.3, -0.25) is 0 Å². The molecule has 1 unspecified atom stereocenters. The molecule has 5 N–H and O–H groups in total. The monoisotopic (exact) mass is 296 g/mol. The van der Waals surface area contributed by atoms with Gasteiger partial charge in [0.25, 0.3) is 0 Å². The Labute approximate surface area is 130 Å². The number of nitriles is 1. The average Bonchev–Trinajstić information content (AvgIpc) is 2.46. The maximum Gasteiger partial charge on any atom is 0.142 e. The first-order chi connectivity index (χ1) is 10.4. The Kier molecular flexibility index (Phi) is 4.64. The highest BCUT2D eigenvalue weighted by Crippen LogP contribution is 2.33. The number of aromatic nitrogens is 1. The van der Waals surface area contributed by atoms with E-state index < -0.39 is 0 Å². The van der Waals surface area contributed by atoms with Gasteiger partial charge in [-0.2, -0.15) is 5.26 Å². The summed E-state index contributed by atoms with van der Waals surface area (Å²) >= 11 is 0. The van der Waals surface area contributed by atoms with E-state index in [-0.39, 0.29) is 17.6 Å². The number of rotatable bonds is 4. The van der Waals surface area contributed by atoms with Crippen molar-refractivity contribution in [3.63, 3.8) is 0 Å². The summed E-state index contributed by atoms with van der Waals surface area (Å²) in [5.74, 6) is 0.643. The molecule has 0 aliphatic heterocycles. The first kappa shape index (κ1) is 15.8. The van der Waals surface area contributed by atoms with Gasteiger partial charge in [-0.05, 0) is 36.1 Å². The lowest BCUT2D eigenvalue weighted by Gasteiger charge is -2.18. The molecule has 2 aromatic rings. The molecular formula is C17H20N4O. The Hall–Kier alpha value is -2.58. The minimum atomic E-state index is -0.301. The van der Waals surface area contributed by atoms with Gasteiger partial charge in [0.1, 0.15) is 17.6 Å². The van der Waals surface area contributed by atoms with Crippen LogP contribution in [0.1, 0.15) is 37.4 Å². The van der Waals surface area contributed by atoms with Crippen molar-refractivity contribution in [1.29, 1.82) is 5.26 Å². The molecule has 0 bridgehead atoms. The fourth-order valence-electron chi connectivity index (χ4n) is 2.46. The summed E-state index contributed by atoms with van der Waals surface area (Å²) in [5, 5.41) is 19.3. The molecule has 1 aromatic carbocycles. The summed E-state index contributed by atoms with van der Waals surface area (Å²) < 4.78 is 0. The van der Waals surface area contributed by atoms with E-state index in [1.807, 2.05) is 0 Å². The Balaban J connectivity index is 2.58. The second-order valence-electron chi connectivity index (χ2n) is 5.72. The average molecular weight is 296 g/mol. The number of phenols is 1. The van der Waals surface area contributed by atoms with Gasteiger partial charge in [-0.25, -0.2) is 4.98 Å². The predicted molar refractivity (Wildman–Crippen MR) is 86.8 cm³/mol. The van der Waals surface area contributed by atoms with Crippen molar-refractivity contribution in [2.24, 2.45) is 11.7 Å². The minimum Gasteiger partial charge on any atom is -0.507 e. The minimum absolute atomic E-state index is 0.113. The third kappa shape index (κ3) is 3.18. The molecule has 1 heterocycles. The molecule has 0 radical (unpaired) electrons. The number of benzene rings is 1. The normalized spacial score (nSPS) is 12.1. The highest BCUT2D eigenvalue weighted by Gasteiger charge is 2.18. The number of pyridine rings is 1. The van der Waals surface area contributed by atoms with E-state index in [1.54, 1.807) is 30.3 Å². The van der Waals surface area contributed by atoms with Crippen LogP contribution in [0.4, 0.5) is 5.82 Å². The molecule has 2 rings (SSSR count). The van der Waals surface area contributed by atoms with Gasteiger partial charge >= 0.3 is 0 Å². The van der Waals surface area contributed by atoms with Crippen molar-refractivity contribution in [3.8, 4) is 23.1 Å². The Bertz CT molecular complexity index is 719. The van der Waals surface area contributed by atoms with Gasteiger partial charge in [0.2, 0.25) is 0 Å². The molecule has 22 heavy (non-hydrogen) atoms. The highest BCUT2D eigenvalue weighted by molar-refractivity contribution is 5.71. The molecule has 0 aliphatic carbocycles. The largest absolute Gasteiger partial charge is 0.507 e. The van der Waals surface area contributed by atoms with Crippen LogP contribution in [0.2, 0.25) is 0 Å². The Morgan fingerprint density at radius 2 is 2.00 bits per heavy atom. The number of nitrogens with zero attached hydrogens (tertiary/aromatic N) is 2. The molecule has 1 aromatic heterocycles. The zero-order chi connectivity index (χ0) is 16.3. The first-order valence-corrected chi connectivity index (χ1v) is 7.18. The molecular weight excluding hydrogens is 276 g/mol. The summed E-state index contributed by atoms with van der Waals surface area (Å²) in [6, 6.07) is 10.4. The van der Waals surface area contributed by atoms with Gasteiger partial charge in [-0.1, -0.05) is 26.0 Å². The van der Waals surface area contributed by atoms with Gasteiger partial charge in [0, 0.05) is 11.6 Å². The van der Waals surface area contributed by atoms with E-state index in [1.165, 1.54) is 0 Å². The second-order valence-corrected chi connectivity index (χ2v) is 5.72. The third-order valence-corrected chi connectivity index (χ3v) is 3.49. The van der Waals surface area contributed by atoms with Gasteiger partial charge in [0.15, 0.2) is 0 Å². The highest BCUT2D eigenvalue weighted by atomic mass is 16.3. The Morgan fingerprint density at radius 3 is 2.59 bits per heavy atom. The third-order valence-electron chi connectivity index (χ3n) is 3.49. The quantitative estimate of drug-likeness (QED) is 0.803. The number of para-hydroxylation sites is 1. The van der Waals surface area contributed by atoms with Crippen LogP contribution in [-0.2, 0) is 0 Å². The SMILES string of the molecule is CC(C)CC(N)c1cc(-c2ccccc2O)nc(N)c1C#N. The van der Waals surface area contributed by atoms with Crippen molar-refractivity contribution in [3.05, 3.63) is 41.5 Å². The first-order valence-electron chi connectivity index (χ1n) is 7.18. The lowest BCUT2D eigenvalue weighted by Crippen LogP contribution is -2.16. The second kappa shape index (κ2) is 6.46. The number of hydrogen-bond donors (Lipinski definition) is 3. The zero-order valence-corrected chi connectivity index (χ0v) is 12.7. The number of hydrogen-bond acceptors (Lipinski definition) is 5. The van der Waals surface area contributed by atoms with Crippen molar-refractivity contribution in [1.82, 2.24) is 4.98 Å². The summed E-state index contributed by atoms with van der Waals surface area (Å²) in [6.45, 7) is 4.14. The van der Waals surface area contributed by atoms with E-state index in [2.05, 4.69) is 24.9 Å². The number of nitrogen functional groups attached to an aromatic ring is 1. The van der Waals surface area contributed by atoms with E-state index in [0.717, 1.165) is 6.42 Å². The molecule has 0 fully saturated rings. The van der Waals surface area contributed by atoms with Crippen LogP contribution in [0.3, 0.4) is 0 Å². The number of anilines is 1. The Morgan fingerprint density at radius 1 is 1.32 bits per heavy atom. The lowest BCUT2D eigenvalue weighted by atomic mass is 9.93. The molecule has 114 valence electrons. The van der Waals surface area contributed by atoms with E-state index in [9.17, 15) is 10.4 Å². The smallest absolute Gasteiger partial charge is 0.142 e. The maximum absolute atomic E-state index is 9.98. The fraction of sp³-hybridized carbons (Fsp3) is 0.294. The van der Waals surface area contributed by atoms with Crippen LogP contribution in [0.15, 0.2) is 30.3 Å². The van der Waals surface area contributed by atoms with Crippen LogP contribution in [0, 0.1) is 17.2 Å². The summed E-state index contributed by atoms with van der Waals surface area (Å²) in [5.41, 5.74) is 14.2. The lowest BCUT2D eigenvalue weighted by molar-refractivity contribution is 0.477. The number of aromatic hydroxyl groups is 1. The predicted octanol–water partition coefficient (Wildman–Crippen LogP) is 2.95. The van der Waals surface area contributed by atoms with Crippen molar-refractivity contribution in [2.75, 3.05) is 5.73 Å². The van der Waals surface area contributed by atoms with Crippen LogP contribution < -0.4 is 11.5 Å². The molecule has 0 aliphatic rings. The van der Waals surface area contributed by atoms with E-state index >= 15 is 0 Å². The van der Waals surface area contributed by atoms with Gasteiger partial charge < -0.3 is 16.6 Å². The molecule has 1 atom stereocenters. The molecule has 5 heteroatoms. The standard InChI is InChI=1S/C17H20N4O/c1-10(2)7-14(19)12-8-15(21-17(20)13(12)9-18)11-5-3-4-6-16(11)22/h3-6,8,10,14,22H,7,19H2,1-2H3,(H2,20,21). The topological polar surface area (TPSA) is 109 Å². The van der Waals surface area contributed by atoms with Gasteiger partial charge in [-0.15, -0.1) is 0 Å². The van der Waals surface area contributed by atoms with Crippen LogP contribution in [0.25, 0.3) is 11.3 Å². The molecule has 0 spiro atoms. The maximum atomic E-state index is 9.98. The zero-order valence-electron chi connectivity index (χ0n) is 12.7. The summed E-state index contributed by atoms with van der Waals surface area (Å²) in [4.78, 5) is 4.24. The summed E-state index contributed by atoms with van der Waals surface area (Å²) in [7, 11) is 0. The van der Waals surface area contributed by atoms with Crippen molar-refractivity contribution in [2.45, 2.75) is 26.3 Å².